The second-order valence-corrected chi connectivity index (χ2v) is 8.09. The van der Waals surface area contributed by atoms with Crippen LogP contribution in [-0.2, 0) is 24.4 Å². The molecule has 1 saturated heterocycles. The fraction of sp³-hybridized carbons (Fsp3) is 0.360. The van der Waals surface area contributed by atoms with Crippen molar-refractivity contribution in [2.24, 2.45) is 0 Å². The topological polar surface area (TPSA) is 58.8 Å². The Labute approximate surface area is 183 Å². The number of rotatable bonds is 7. The first kappa shape index (κ1) is 21.3. The lowest BCUT2D eigenvalue weighted by molar-refractivity contribution is 0.0299. The standard InChI is InChI=1S/C25H29N3O3/c1-19-8-9-20(2)22(14-19)16-27(15-21-6-4-3-5-7-21)17-24-26-23(18-31-24)25(29)28-10-12-30-13-11-28/h3-9,14,18H,10-13,15-17H2,1-2H3. The van der Waals surface area contributed by atoms with Crippen LogP contribution in [0.1, 0.15) is 38.6 Å². The maximum atomic E-state index is 12.7. The SMILES string of the molecule is Cc1ccc(C)c(CN(Cc2ccccc2)Cc2nc(C(=O)N3CCOCC3)co2)c1. The average molecular weight is 420 g/mol. The van der Waals surface area contributed by atoms with Gasteiger partial charge in [-0.1, -0.05) is 54.1 Å². The molecular weight excluding hydrogens is 390 g/mol. The highest BCUT2D eigenvalue weighted by Crippen LogP contribution is 2.18. The Hall–Kier alpha value is -2.96. The molecule has 1 amide bonds. The van der Waals surface area contributed by atoms with Gasteiger partial charge < -0.3 is 14.1 Å². The highest BCUT2D eigenvalue weighted by atomic mass is 16.5. The maximum Gasteiger partial charge on any atom is 0.275 e. The average Bonchev–Trinajstić information content (AvgIpc) is 3.25. The van der Waals surface area contributed by atoms with Gasteiger partial charge in [-0.15, -0.1) is 0 Å². The molecule has 1 aromatic heterocycles. The van der Waals surface area contributed by atoms with E-state index in [9.17, 15) is 4.79 Å². The van der Waals surface area contributed by atoms with Gasteiger partial charge in [0.25, 0.3) is 5.91 Å². The summed E-state index contributed by atoms with van der Waals surface area (Å²) in [6, 6.07) is 16.9. The first-order valence-electron chi connectivity index (χ1n) is 10.7. The highest BCUT2D eigenvalue weighted by molar-refractivity contribution is 5.92. The van der Waals surface area contributed by atoms with Gasteiger partial charge in [0.1, 0.15) is 6.26 Å². The Morgan fingerprint density at radius 3 is 2.58 bits per heavy atom. The summed E-state index contributed by atoms with van der Waals surface area (Å²) in [6.45, 7) is 8.64. The molecule has 0 bridgehead atoms. The third-order valence-electron chi connectivity index (χ3n) is 5.58. The van der Waals surface area contributed by atoms with Gasteiger partial charge in [0.05, 0.1) is 19.8 Å². The molecule has 31 heavy (non-hydrogen) atoms. The number of carbonyl (C=O) groups is 1. The summed E-state index contributed by atoms with van der Waals surface area (Å²) < 4.78 is 11.0. The molecule has 4 rings (SSSR count). The number of amides is 1. The van der Waals surface area contributed by atoms with Crippen LogP contribution in [0, 0.1) is 13.8 Å². The molecule has 0 N–H and O–H groups in total. The molecule has 162 valence electrons. The number of nitrogens with zero attached hydrogens (tertiary/aromatic N) is 3. The predicted molar refractivity (Wildman–Crippen MR) is 119 cm³/mol. The van der Waals surface area contributed by atoms with Crippen molar-refractivity contribution in [3.63, 3.8) is 0 Å². The summed E-state index contributed by atoms with van der Waals surface area (Å²) in [5, 5.41) is 0. The lowest BCUT2D eigenvalue weighted by Gasteiger charge is -2.25. The molecular formula is C25H29N3O3. The number of hydrogen-bond acceptors (Lipinski definition) is 5. The van der Waals surface area contributed by atoms with Crippen molar-refractivity contribution in [1.82, 2.24) is 14.8 Å². The smallest absolute Gasteiger partial charge is 0.275 e. The van der Waals surface area contributed by atoms with Crippen molar-refractivity contribution < 1.29 is 13.9 Å². The molecule has 0 atom stereocenters. The number of oxazole rings is 1. The van der Waals surface area contributed by atoms with Crippen LogP contribution in [0.4, 0.5) is 0 Å². The number of benzene rings is 2. The molecule has 1 aliphatic rings. The molecule has 0 saturated carbocycles. The minimum atomic E-state index is -0.0950. The summed E-state index contributed by atoms with van der Waals surface area (Å²) in [5.41, 5.74) is 5.38. The minimum Gasteiger partial charge on any atom is -0.447 e. The third-order valence-corrected chi connectivity index (χ3v) is 5.58. The van der Waals surface area contributed by atoms with E-state index < -0.39 is 0 Å². The van der Waals surface area contributed by atoms with E-state index in [-0.39, 0.29) is 5.91 Å². The number of morpholine rings is 1. The molecule has 1 aliphatic heterocycles. The van der Waals surface area contributed by atoms with E-state index in [0.717, 1.165) is 13.1 Å². The maximum absolute atomic E-state index is 12.7. The lowest BCUT2D eigenvalue weighted by Crippen LogP contribution is -2.40. The normalized spacial score (nSPS) is 14.2. The zero-order valence-corrected chi connectivity index (χ0v) is 18.2. The van der Waals surface area contributed by atoms with Crippen molar-refractivity contribution in [3.8, 4) is 0 Å². The second kappa shape index (κ2) is 9.90. The van der Waals surface area contributed by atoms with Gasteiger partial charge in [-0.2, -0.15) is 0 Å². The van der Waals surface area contributed by atoms with Crippen molar-refractivity contribution >= 4 is 5.91 Å². The Bertz CT molecular complexity index is 1010. The quantitative estimate of drug-likeness (QED) is 0.580. The van der Waals surface area contributed by atoms with Gasteiger partial charge in [-0.25, -0.2) is 4.98 Å². The predicted octanol–water partition coefficient (Wildman–Crippen LogP) is 3.97. The van der Waals surface area contributed by atoms with Crippen LogP contribution >= 0.6 is 0 Å². The summed E-state index contributed by atoms with van der Waals surface area (Å²) in [4.78, 5) is 21.3. The Morgan fingerprint density at radius 2 is 1.81 bits per heavy atom. The largest absolute Gasteiger partial charge is 0.447 e. The Balaban J connectivity index is 1.51. The first-order valence-corrected chi connectivity index (χ1v) is 10.7. The molecule has 1 fully saturated rings. The van der Waals surface area contributed by atoms with E-state index in [0.29, 0.717) is 44.4 Å². The molecule has 0 unspecified atom stereocenters. The molecule has 3 aromatic rings. The zero-order valence-electron chi connectivity index (χ0n) is 18.2. The highest BCUT2D eigenvalue weighted by Gasteiger charge is 2.22. The van der Waals surface area contributed by atoms with Gasteiger partial charge in [0, 0.05) is 26.2 Å². The summed E-state index contributed by atoms with van der Waals surface area (Å²) >= 11 is 0. The Kier molecular flexibility index (Phi) is 6.79. The van der Waals surface area contributed by atoms with Crippen LogP contribution in [0.5, 0.6) is 0 Å². The van der Waals surface area contributed by atoms with E-state index in [1.165, 1.54) is 28.5 Å². The molecule has 6 heteroatoms. The van der Waals surface area contributed by atoms with Crippen LogP contribution in [0.25, 0.3) is 0 Å². The molecule has 2 heterocycles. The molecule has 0 spiro atoms. The summed E-state index contributed by atoms with van der Waals surface area (Å²) in [6.07, 6.45) is 1.48. The van der Waals surface area contributed by atoms with E-state index in [1.807, 2.05) is 6.07 Å². The molecule has 0 aliphatic carbocycles. The van der Waals surface area contributed by atoms with Gasteiger partial charge in [-0.05, 0) is 30.5 Å². The number of ether oxygens (including phenoxy) is 1. The fourth-order valence-corrected chi connectivity index (χ4v) is 3.82. The number of aromatic nitrogens is 1. The number of hydrogen-bond donors (Lipinski definition) is 0. The number of carbonyl (C=O) groups excluding carboxylic acids is 1. The van der Waals surface area contributed by atoms with Crippen molar-refractivity contribution in [3.05, 3.63) is 88.6 Å². The zero-order chi connectivity index (χ0) is 21.6. The fourth-order valence-electron chi connectivity index (χ4n) is 3.82. The van der Waals surface area contributed by atoms with Crippen LogP contribution in [0.15, 0.2) is 59.2 Å². The first-order chi connectivity index (χ1) is 15.1. The Morgan fingerprint density at radius 1 is 1.03 bits per heavy atom. The van der Waals surface area contributed by atoms with Crippen LogP contribution < -0.4 is 0 Å². The van der Waals surface area contributed by atoms with Crippen molar-refractivity contribution in [1.29, 1.82) is 0 Å². The van der Waals surface area contributed by atoms with Gasteiger partial charge in [-0.3, -0.25) is 9.69 Å². The van der Waals surface area contributed by atoms with Gasteiger partial charge in [0.2, 0.25) is 5.89 Å². The van der Waals surface area contributed by atoms with Crippen molar-refractivity contribution in [2.75, 3.05) is 26.3 Å². The van der Waals surface area contributed by atoms with E-state index in [4.69, 9.17) is 9.15 Å². The summed E-state index contributed by atoms with van der Waals surface area (Å²) in [7, 11) is 0. The summed E-state index contributed by atoms with van der Waals surface area (Å²) in [5.74, 6) is 0.459. The van der Waals surface area contributed by atoms with Crippen LogP contribution in [-0.4, -0.2) is 47.0 Å². The molecule has 2 aromatic carbocycles. The van der Waals surface area contributed by atoms with Gasteiger partial charge in [0.15, 0.2) is 5.69 Å². The van der Waals surface area contributed by atoms with E-state index in [2.05, 4.69) is 66.2 Å². The van der Waals surface area contributed by atoms with Crippen LogP contribution in [0.2, 0.25) is 0 Å². The van der Waals surface area contributed by atoms with Gasteiger partial charge >= 0.3 is 0 Å². The lowest BCUT2D eigenvalue weighted by atomic mass is 10.0. The van der Waals surface area contributed by atoms with E-state index >= 15 is 0 Å². The second-order valence-electron chi connectivity index (χ2n) is 8.09. The monoisotopic (exact) mass is 419 g/mol. The molecule has 6 nitrogen and oxygen atoms in total. The molecule has 0 radical (unpaired) electrons. The minimum absolute atomic E-state index is 0.0950. The van der Waals surface area contributed by atoms with Crippen LogP contribution in [0.3, 0.4) is 0 Å². The third kappa shape index (κ3) is 5.60. The van der Waals surface area contributed by atoms with Crippen molar-refractivity contribution in [2.45, 2.75) is 33.5 Å². The number of aryl methyl sites for hydroxylation is 2. The van der Waals surface area contributed by atoms with E-state index in [1.54, 1.807) is 4.90 Å².